The van der Waals surface area contributed by atoms with Gasteiger partial charge in [0.1, 0.15) is 39.3 Å². The molecule has 0 saturated carbocycles. The maximum absolute atomic E-state index is 13.8. The number of nitrogens with one attached hydrogen (secondary N) is 2. The van der Waals surface area contributed by atoms with E-state index in [-0.39, 0.29) is 55.3 Å². The monoisotopic (exact) mass is 1870 g/mol. The maximum atomic E-state index is 13.8. The number of ether oxygens (including phenoxy) is 6. The smallest absolute Gasteiger partial charge is 0.341 e. The molecule has 0 saturated heterocycles. The Morgan fingerprint density at radius 2 is 1.14 bits per heavy atom. The number of H-pyrrole nitrogens is 2. The largest absolute Gasteiger partial charge is 0.496 e. The molecule has 0 unspecified atom stereocenters. The number of carbonyl (C=O) groups is 6. The van der Waals surface area contributed by atoms with Crippen LogP contribution in [0.15, 0.2) is 100 Å². The number of nitrogens with two attached hydrogens (primary N) is 4. The average molecular weight is 1880 g/mol. The highest BCUT2D eigenvalue weighted by Gasteiger charge is 2.32. The van der Waals surface area contributed by atoms with Crippen LogP contribution < -0.4 is 33.2 Å². The van der Waals surface area contributed by atoms with Crippen LogP contribution in [0.1, 0.15) is 90.4 Å². The highest BCUT2D eigenvalue weighted by Crippen LogP contribution is 2.42. The Morgan fingerprint density at radius 1 is 0.604 bits per heavy atom. The minimum atomic E-state index is -0.538. The van der Waals surface area contributed by atoms with E-state index in [1.807, 2.05) is 35.6 Å². The molecule has 0 atom stereocenters. The van der Waals surface area contributed by atoms with Crippen LogP contribution in [-0.4, -0.2) is 120 Å². The van der Waals surface area contributed by atoms with Gasteiger partial charge in [-0.25, -0.2) is 24.0 Å². The number of rotatable bonds is 9. The Bertz CT molecular complexity index is 4770. The molecular formula is C65H58Br4Cl6IN11O14. The molecule has 1 aliphatic heterocycles. The van der Waals surface area contributed by atoms with Crippen molar-refractivity contribution in [2.24, 2.45) is 0 Å². The fraction of sp³-hybridized carbons (Fsp3) is 0.200. The number of benzene rings is 6. The van der Waals surface area contributed by atoms with Gasteiger partial charge < -0.3 is 65.8 Å². The Hall–Kier alpha value is -7.37. The van der Waals surface area contributed by atoms with E-state index in [0.29, 0.717) is 125 Å². The summed E-state index contributed by atoms with van der Waals surface area (Å²) in [5.41, 5.74) is 30.2. The van der Waals surface area contributed by atoms with E-state index < -0.39 is 29.8 Å². The van der Waals surface area contributed by atoms with Crippen molar-refractivity contribution >= 4 is 236 Å². The first-order valence-corrected chi connectivity index (χ1v) is 35.0. The van der Waals surface area contributed by atoms with Crippen molar-refractivity contribution in [1.82, 2.24) is 35.0 Å². The van der Waals surface area contributed by atoms with E-state index in [1.165, 1.54) is 42.7 Å². The first-order chi connectivity index (χ1) is 47.7. The number of carbonyl (C=O) groups excluding carboxylic acids is 6. The Balaban J connectivity index is 0.000000202. The molecule has 0 radical (unpaired) electrons. The zero-order valence-electron chi connectivity index (χ0n) is 54.5. The second kappa shape index (κ2) is 36.7. The van der Waals surface area contributed by atoms with Gasteiger partial charge in [0.15, 0.2) is 0 Å². The summed E-state index contributed by atoms with van der Waals surface area (Å²) in [6, 6.07) is 17.0. The SMILES string of the molecule is COC(=O)c1c(Cl)c(Br)cc2cn[nH]c12.COC(=O)c1c(N)c(C)cc(Br)c1Cl.COC(=O)c1c(N)c(I)cc(Br)c1Cl.COC(=O)c1c(N)ccc(Br)c1Cl.COC(=O)c1c(N)cccc1Cl.COc1cc(C)[nH]c(=O)c1CN1CCn2ncc3cc(-c4c(C)noc4C)c(Cl)c(c32)C1=O. The van der Waals surface area contributed by atoms with Crippen molar-refractivity contribution in [3.8, 4) is 16.9 Å². The fourth-order valence-electron chi connectivity index (χ4n) is 9.53. The van der Waals surface area contributed by atoms with Crippen LogP contribution in [0, 0.1) is 31.3 Å². The third-order valence-electron chi connectivity index (χ3n) is 14.5. The molecule has 0 spiro atoms. The van der Waals surface area contributed by atoms with Gasteiger partial charge in [-0.2, -0.15) is 10.2 Å². The summed E-state index contributed by atoms with van der Waals surface area (Å²) in [6.45, 7) is 8.12. The van der Waals surface area contributed by atoms with Gasteiger partial charge in [0.25, 0.3) is 11.5 Å². The number of aromatic amines is 2. The number of halogens is 11. The van der Waals surface area contributed by atoms with E-state index in [0.717, 1.165) is 25.5 Å². The number of fused-ring (bicyclic) bond motifs is 1. The molecule has 0 bridgehead atoms. The molecule has 6 aromatic carbocycles. The zero-order valence-corrected chi connectivity index (χ0v) is 67.5. The topological polar surface area (TPSA) is 371 Å². The van der Waals surface area contributed by atoms with Crippen molar-refractivity contribution in [3.63, 3.8) is 0 Å². The third-order valence-corrected chi connectivity index (χ3v) is 21.1. The number of anilines is 4. The lowest BCUT2D eigenvalue weighted by Crippen LogP contribution is -2.34. The number of hydrogen-bond acceptors (Lipinski definition) is 21. The summed E-state index contributed by atoms with van der Waals surface area (Å²) in [7, 11) is 7.94. The van der Waals surface area contributed by atoms with Crippen LogP contribution in [0.2, 0.25) is 30.1 Å². The van der Waals surface area contributed by atoms with Crippen LogP contribution >= 0.6 is 156 Å². The number of hydrogen-bond donors (Lipinski definition) is 6. The van der Waals surface area contributed by atoms with Gasteiger partial charge in [0, 0.05) is 67.0 Å². The number of nitrogens with zero attached hydrogens (tertiary/aromatic N) is 5. The van der Waals surface area contributed by atoms with Gasteiger partial charge in [-0.05, 0) is 174 Å². The first-order valence-electron chi connectivity index (χ1n) is 28.5. The number of aromatic nitrogens is 6. The molecule has 10 N–H and O–H groups in total. The minimum Gasteiger partial charge on any atom is -0.496 e. The molecular weight excluding hydrogens is 1820 g/mol. The second-order valence-corrected chi connectivity index (χ2v) is 27.6. The highest BCUT2D eigenvalue weighted by atomic mass is 127. The lowest BCUT2D eigenvalue weighted by atomic mass is 9.98. The molecule has 0 aliphatic carbocycles. The molecule has 5 heterocycles. The zero-order chi connectivity index (χ0) is 75.3. The summed E-state index contributed by atoms with van der Waals surface area (Å²) in [5.74, 6) is -1.84. The number of nitrogen functional groups attached to an aromatic ring is 4. The Kier molecular flexibility index (Phi) is 30.0. The standard InChI is InChI=1S/C23H22ClN5O4.C9H6BrClN2O2.C9H9BrClNO2.C8H6BrClINO2.C8H7BrClNO2.C8H8ClNO2/c1-11-7-17(32-4)16(22(30)26-11)10-28-5-6-29-21-14(9-25-29)8-15(20(24)19(21)23(28)31)18-12(2)27-33-13(18)3;1-15-9(14)6-7(11)5(10)2-4-3-12-13-8(4)6;1-4-3-5(10)7(11)6(8(4)12)9(13)14-2;1-14-8(13)5-6(10)3(9)2-4(11)7(5)12;1-13-8(12)6-5(11)3-2-4(9)7(6)10;1-12-8(11)7-5(9)3-2-4-6(7)10/h7-9H,5-6,10H2,1-4H3,(H,26,30);2-3H,1H3,(H,12,13);3H,12H2,1-2H3;2H,12H2,1H3;2-3H,11H2,1H3;2-4H,10H2,1H3. The van der Waals surface area contributed by atoms with Crippen LogP contribution in [0.4, 0.5) is 22.7 Å². The minimum absolute atomic E-state index is 0.0792. The number of pyridine rings is 1. The van der Waals surface area contributed by atoms with Crippen LogP contribution in [0.5, 0.6) is 5.75 Å². The van der Waals surface area contributed by atoms with Gasteiger partial charge in [-0.15, -0.1) is 0 Å². The van der Waals surface area contributed by atoms with E-state index in [1.54, 1.807) is 97.3 Å². The lowest BCUT2D eigenvalue weighted by Gasteiger charge is -2.22. The molecule has 1 amide bonds. The summed E-state index contributed by atoms with van der Waals surface area (Å²) in [5, 5.41) is 18.4. The van der Waals surface area contributed by atoms with Gasteiger partial charge >= 0.3 is 29.8 Å². The van der Waals surface area contributed by atoms with Crippen molar-refractivity contribution in [2.75, 3.05) is 72.1 Å². The summed E-state index contributed by atoms with van der Waals surface area (Å²) in [6.07, 6.45) is 3.34. The second-order valence-electron chi connectivity index (χ2n) is 20.8. The molecule has 25 nitrogen and oxygen atoms in total. The fourth-order valence-corrected chi connectivity index (χ4v) is 13.8. The summed E-state index contributed by atoms with van der Waals surface area (Å²) < 4.78 is 38.6. The summed E-state index contributed by atoms with van der Waals surface area (Å²) in [4.78, 5) is 87.4. The van der Waals surface area contributed by atoms with E-state index in [4.69, 9.17) is 102 Å². The molecule has 101 heavy (non-hydrogen) atoms. The Morgan fingerprint density at radius 3 is 1.71 bits per heavy atom. The molecule has 534 valence electrons. The highest BCUT2D eigenvalue weighted by molar-refractivity contribution is 14.1. The lowest BCUT2D eigenvalue weighted by molar-refractivity contribution is 0.0593. The van der Waals surface area contributed by atoms with Crippen molar-refractivity contribution in [3.05, 3.63) is 197 Å². The van der Waals surface area contributed by atoms with Crippen LogP contribution in [0.25, 0.3) is 32.9 Å². The van der Waals surface area contributed by atoms with Gasteiger partial charge in [-0.3, -0.25) is 19.4 Å². The molecule has 11 rings (SSSR count). The molecule has 1 aliphatic rings. The summed E-state index contributed by atoms with van der Waals surface area (Å²) >= 11 is 51.2. The molecule has 0 fully saturated rings. The average Bonchev–Trinajstić information content (AvgIpc) is 1.62. The number of aryl methyl sites for hydroxylation is 4. The quantitative estimate of drug-likeness (QED) is 0.0257. The van der Waals surface area contributed by atoms with Gasteiger partial charge in [0.05, 0.1) is 138 Å². The molecule has 10 aromatic rings. The van der Waals surface area contributed by atoms with Crippen molar-refractivity contribution in [2.45, 2.75) is 40.8 Å². The third kappa shape index (κ3) is 18.9. The van der Waals surface area contributed by atoms with E-state index in [9.17, 15) is 33.6 Å². The normalized spacial score (nSPS) is 11.2. The van der Waals surface area contributed by atoms with Gasteiger partial charge in [0.2, 0.25) is 0 Å². The first kappa shape index (κ1) is 82.6. The predicted octanol–water partition coefficient (Wildman–Crippen LogP) is 16.4. The maximum Gasteiger partial charge on any atom is 0.341 e. The van der Waals surface area contributed by atoms with Crippen LogP contribution in [0.3, 0.4) is 0 Å². The molecule has 4 aromatic heterocycles. The Labute approximate surface area is 653 Å². The number of amides is 1. The van der Waals surface area contributed by atoms with Gasteiger partial charge in [-0.1, -0.05) is 80.8 Å². The predicted molar refractivity (Wildman–Crippen MR) is 412 cm³/mol. The van der Waals surface area contributed by atoms with E-state index in [2.05, 4.69) is 113 Å². The van der Waals surface area contributed by atoms with Crippen LogP contribution in [-0.2, 0) is 36.8 Å². The van der Waals surface area contributed by atoms with E-state index >= 15 is 0 Å². The molecule has 36 heteroatoms. The van der Waals surface area contributed by atoms with Crippen molar-refractivity contribution < 1.29 is 61.7 Å². The number of methoxy groups -OCH3 is 6. The number of esters is 5. The van der Waals surface area contributed by atoms with Crippen molar-refractivity contribution in [1.29, 1.82) is 0 Å².